The van der Waals surface area contributed by atoms with E-state index < -0.39 is 35.1 Å². The highest BCUT2D eigenvalue weighted by atomic mass is 16.6. The van der Waals surface area contributed by atoms with Gasteiger partial charge in [0, 0.05) is 13.0 Å². The number of morpholine rings is 1. The number of aliphatic hydroxyl groups is 3. The normalized spacial score (nSPS) is 28.6. The van der Waals surface area contributed by atoms with Crippen molar-refractivity contribution in [2.45, 2.75) is 44.6 Å². The van der Waals surface area contributed by atoms with E-state index in [-0.39, 0.29) is 30.8 Å². The van der Waals surface area contributed by atoms with Crippen LogP contribution >= 0.6 is 0 Å². The highest BCUT2D eigenvalue weighted by molar-refractivity contribution is 6.21. The first-order valence-corrected chi connectivity index (χ1v) is 10.0. The highest BCUT2D eigenvalue weighted by Gasteiger charge is 2.80. The van der Waals surface area contributed by atoms with Gasteiger partial charge in [0.15, 0.2) is 11.8 Å². The molecule has 0 aromatic rings. The van der Waals surface area contributed by atoms with Gasteiger partial charge in [-0.25, -0.2) is 4.79 Å². The molecule has 2 saturated heterocycles. The van der Waals surface area contributed by atoms with Crippen LogP contribution in [-0.4, -0.2) is 70.7 Å². The Hall–Kier alpha value is -2.85. The number of esters is 1. The third-order valence-electron chi connectivity index (χ3n) is 5.18. The fraction of sp³-hybridized carbons (Fsp3) is 0.435. The van der Waals surface area contributed by atoms with E-state index in [0.29, 0.717) is 0 Å². The zero-order chi connectivity index (χ0) is 24.1. The zero-order valence-corrected chi connectivity index (χ0v) is 18.5. The number of hydrogen-bond acceptors (Lipinski definition) is 8. The van der Waals surface area contributed by atoms with Gasteiger partial charge in [-0.2, -0.15) is 0 Å². The number of aliphatic hydroxyl groups excluding tert-OH is 2. The number of ketones is 1. The maximum absolute atomic E-state index is 12.8. The molecule has 2 fully saturated rings. The number of rotatable bonds is 10. The predicted octanol–water partition coefficient (Wildman–Crippen LogP) is 0.381. The SMILES string of the molecule is COC(=O)C(/C=C(C)/C=C(C)/C=C/C=C(\C)C(=O)[C@]12O[C@@H]1[C@](O)(CCO)NC2=O)=C/CO. The number of amides is 1. The Morgan fingerprint density at radius 3 is 2.44 bits per heavy atom. The summed E-state index contributed by atoms with van der Waals surface area (Å²) < 4.78 is 9.97. The molecule has 0 radical (unpaired) electrons. The monoisotopic (exact) mass is 447 g/mol. The minimum Gasteiger partial charge on any atom is -0.465 e. The number of carbonyl (C=O) groups is 3. The van der Waals surface area contributed by atoms with Crippen LogP contribution < -0.4 is 5.32 Å². The Bertz CT molecular complexity index is 942. The van der Waals surface area contributed by atoms with Crippen LogP contribution in [0.2, 0.25) is 0 Å². The molecule has 174 valence electrons. The van der Waals surface area contributed by atoms with Crippen LogP contribution in [0.3, 0.4) is 0 Å². The van der Waals surface area contributed by atoms with Crippen molar-refractivity contribution in [1.29, 1.82) is 0 Å². The molecule has 2 aliphatic rings. The van der Waals surface area contributed by atoms with Gasteiger partial charge >= 0.3 is 5.97 Å². The van der Waals surface area contributed by atoms with E-state index in [4.69, 9.17) is 14.9 Å². The number of Topliss-reactive ketones (excluding diaryl/α,β-unsaturated/α-hetero) is 1. The molecule has 0 spiro atoms. The lowest BCUT2D eigenvalue weighted by atomic mass is 9.92. The number of nitrogens with one attached hydrogen (secondary N) is 1. The molecule has 32 heavy (non-hydrogen) atoms. The third kappa shape index (κ3) is 5.13. The number of ether oxygens (including phenoxy) is 2. The lowest BCUT2D eigenvalue weighted by Crippen LogP contribution is -2.48. The smallest absolute Gasteiger partial charge is 0.337 e. The molecule has 2 rings (SSSR count). The molecule has 4 N–H and O–H groups in total. The topological polar surface area (TPSA) is 146 Å². The number of hydrogen-bond donors (Lipinski definition) is 4. The summed E-state index contributed by atoms with van der Waals surface area (Å²) in [5, 5.41) is 30.8. The molecule has 0 aromatic heterocycles. The van der Waals surface area contributed by atoms with Gasteiger partial charge in [-0.05, 0) is 38.5 Å². The predicted molar refractivity (Wildman–Crippen MR) is 115 cm³/mol. The van der Waals surface area contributed by atoms with Gasteiger partial charge in [0.05, 0.1) is 19.3 Å². The van der Waals surface area contributed by atoms with Crippen molar-refractivity contribution in [1.82, 2.24) is 5.32 Å². The molecule has 2 heterocycles. The summed E-state index contributed by atoms with van der Waals surface area (Å²) in [6.45, 7) is 4.49. The van der Waals surface area contributed by atoms with Gasteiger partial charge in [0.1, 0.15) is 0 Å². The summed E-state index contributed by atoms with van der Waals surface area (Å²) in [5.74, 6) is -1.82. The van der Waals surface area contributed by atoms with Crippen LogP contribution in [-0.2, 0) is 23.9 Å². The molecule has 9 heteroatoms. The first-order chi connectivity index (χ1) is 15.0. The minimum atomic E-state index is -1.76. The highest BCUT2D eigenvalue weighted by Crippen LogP contribution is 2.50. The first-order valence-electron chi connectivity index (χ1n) is 10.0. The number of allylic oxidation sites excluding steroid dienone is 6. The molecule has 0 aromatic carbocycles. The van der Waals surface area contributed by atoms with E-state index in [9.17, 15) is 19.5 Å². The molecule has 2 aliphatic heterocycles. The Kier molecular flexibility index (Phi) is 8.08. The molecule has 3 atom stereocenters. The summed E-state index contributed by atoms with van der Waals surface area (Å²) in [5.41, 5.74) is -1.44. The van der Waals surface area contributed by atoms with Crippen LogP contribution in [0, 0.1) is 0 Å². The number of methoxy groups -OCH3 is 1. The van der Waals surface area contributed by atoms with Crippen molar-refractivity contribution in [3.8, 4) is 0 Å². The molecule has 9 nitrogen and oxygen atoms in total. The largest absolute Gasteiger partial charge is 0.465 e. The second-order valence-corrected chi connectivity index (χ2v) is 7.73. The van der Waals surface area contributed by atoms with E-state index >= 15 is 0 Å². The quantitative estimate of drug-likeness (QED) is 0.124. The van der Waals surface area contributed by atoms with E-state index in [1.165, 1.54) is 19.3 Å². The van der Waals surface area contributed by atoms with E-state index in [2.05, 4.69) is 10.1 Å². The summed E-state index contributed by atoms with van der Waals surface area (Å²) in [4.78, 5) is 36.7. The van der Waals surface area contributed by atoms with Crippen LogP contribution in [0.15, 0.2) is 58.7 Å². The Labute approximate surface area is 186 Å². The van der Waals surface area contributed by atoms with E-state index in [1.807, 2.05) is 6.92 Å². The molecular formula is C23H29NO8. The lowest BCUT2D eigenvalue weighted by Gasteiger charge is -2.22. The molecule has 0 saturated carbocycles. The van der Waals surface area contributed by atoms with Crippen LogP contribution in [0.1, 0.15) is 27.2 Å². The fourth-order valence-electron chi connectivity index (χ4n) is 3.58. The molecule has 0 aliphatic carbocycles. The summed E-state index contributed by atoms with van der Waals surface area (Å²) in [6.07, 6.45) is 8.48. The van der Waals surface area contributed by atoms with Gasteiger partial charge < -0.3 is 30.1 Å². The van der Waals surface area contributed by atoms with Crippen LogP contribution in [0.4, 0.5) is 0 Å². The van der Waals surface area contributed by atoms with Gasteiger partial charge in [-0.3, -0.25) is 9.59 Å². The van der Waals surface area contributed by atoms with Crippen LogP contribution in [0.25, 0.3) is 0 Å². The Balaban J connectivity index is 2.09. The van der Waals surface area contributed by atoms with Gasteiger partial charge in [0.25, 0.3) is 5.91 Å². The van der Waals surface area contributed by atoms with Crippen molar-refractivity contribution in [2.24, 2.45) is 0 Å². The second-order valence-electron chi connectivity index (χ2n) is 7.73. The number of carbonyl (C=O) groups excluding carboxylic acids is 3. The van der Waals surface area contributed by atoms with Crippen molar-refractivity contribution in [3.05, 3.63) is 58.7 Å². The van der Waals surface area contributed by atoms with Crippen molar-refractivity contribution in [2.75, 3.05) is 20.3 Å². The van der Waals surface area contributed by atoms with Crippen molar-refractivity contribution >= 4 is 17.7 Å². The lowest BCUT2D eigenvalue weighted by molar-refractivity contribution is -0.138. The maximum atomic E-state index is 12.8. The minimum absolute atomic E-state index is 0.136. The average molecular weight is 447 g/mol. The first kappa shape index (κ1) is 25.4. The van der Waals surface area contributed by atoms with E-state index in [0.717, 1.165) is 11.1 Å². The van der Waals surface area contributed by atoms with Crippen LogP contribution in [0.5, 0.6) is 0 Å². The molecule has 1 amide bonds. The third-order valence-corrected chi connectivity index (χ3v) is 5.18. The van der Waals surface area contributed by atoms with Gasteiger partial charge in [0.2, 0.25) is 11.4 Å². The van der Waals surface area contributed by atoms with Crippen molar-refractivity contribution in [3.63, 3.8) is 0 Å². The van der Waals surface area contributed by atoms with Gasteiger partial charge in [-0.1, -0.05) is 35.5 Å². The number of epoxide rings is 1. The van der Waals surface area contributed by atoms with E-state index in [1.54, 1.807) is 38.2 Å². The summed E-state index contributed by atoms with van der Waals surface area (Å²) in [6, 6.07) is 0. The van der Waals surface area contributed by atoms with Gasteiger partial charge in [-0.15, -0.1) is 0 Å². The standard InChI is InChI=1S/C23H29NO8/c1-14(12-15(2)13-17(8-10-25)19(28)31-4)6-5-7-16(3)18(27)23-20(32-23)22(30,9-11-26)24-21(23)29/h5-8,12-13,20,25-26,30H,9-11H2,1-4H3,(H,24,29)/b6-5+,14-12+,15-13+,16-7+,17-8+/t20-,22-,23+/m1/s1. The molecular weight excluding hydrogens is 418 g/mol. The number of fused-ring (bicyclic) bond motifs is 1. The zero-order valence-electron chi connectivity index (χ0n) is 18.5. The molecule has 0 bridgehead atoms. The van der Waals surface area contributed by atoms with Crippen molar-refractivity contribution < 1.29 is 39.2 Å². The summed E-state index contributed by atoms with van der Waals surface area (Å²) >= 11 is 0. The molecule has 0 unspecified atom stereocenters. The Morgan fingerprint density at radius 2 is 1.88 bits per heavy atom. The fourth-order valence-corrected chi connectivity index (χ4v) is 3.58. The Morgan fingerprint density at radius 1 is 1.19 bits per heavy atom. The summed E-state index contributed by atoms with van der Waals surface area (Å²) in [7, 11) is 1.26. The average Bonchev–Trinajstić information content (AvgIpc) is 3.46. The maximum Gasteiger partial charge on any atom is 0.337 e. The second kappa shape index (κ2) is 10.2.